The first-order chi connectivity index (χ1) is 13.4. The fourth-order valence-electron chi connectivity index (χ4n) is 3.61. The lowest BCUT2D eigenvalue weighted by molar-refractivity contribution is 0.273. The number of hydrogen-bond acceptors (Lipinski definition) is 5. The normalized spacial score (nSPS) is 14.2. The molecule has 4 rings (SSSR count). The highest BCUT2D eigenvalue weighted by Crippen LogP contribution is 2.37. The second-order valence-corrected chi connectivity index (χ2v) is 7.05. The Hall–Kier alpha value is -3.09. The lowest BCUT2D eigenvalue weighted by Crippen LogP contribution is -2.48. The Bertz CT molecular complexity index is 1090. The third-order valence-corrected chi connectivity index (χ3v) is 5.28. The Morgan fingerprint density at radius 1 is 1.11 bits per heavy atom. The zero-order valence-corrected chi connectivity index (χ0v) is 16.3. The summed E-state index contributed by atoms with van der Waals surface area (Å²) in [6.45, 7) is 2.58. The van der Waals surface area contributed by atoms with E-state index in [0.29, 0.717) is 35.8 Å². The van der Waals surface area contributed by atoms with Crippen molar-refractivity contribution in [2.24, 2.45) is 7.05 Å². The monoisotopic (exact) mass is 383 g/mol. The minimum Gasteiger partial charge on any atom is -0.496 e. The zero-order chi connectivity index (χ0) is 20.0. The van der Waals surface area contributed by atoms with Crippen LogP contribution in [0.25, 0.3) is 21.9 Å². The molecule has 3 heterocycles. The largest absolute Gasteiger partial charge is 0.496 e. The van der Waals surface area contributed by atoms with Gasteiger partial charge in [-0.1, -0.05) is 0 Å². The Labute approximate surface area is 162 Å². The van der Waals surface area contributed by atoms with E-state index in [1.165, 1.54) is 0 Å². The van der Waals surface area contributed by atoms with E-state index in [-0.39, 0.29) is 5.56 Å². The van der Waals surface area contributed by atoms with E-state index < -0.39 is 6.17 Å². The van der Waals surface area contributed by atoms with Crippen LogP contribution in [0.1, 0.15) is 5.56 Å². The fraction of sp³-hybridized carbons (Fsp3) is 0.333. The van der Waals surface area contributed by atoms with E-state index >= 15 is 0 Å². The van der Waals surface area contributed by atoms with Gasteiger partial charge in [0.15, 0.2) is 0 Å². The molecule has 3 aromatic rings. The number of aromatic nitrogens is 2. The van der Waals surface area contributed by atoms with Crippen LogP contribution in [0.5, 0.6) is 11.5 Å². The van der Waals surface area contributed by atoms with E-state index in [9.17, 15) is 9.18 Å². The maximum Gasteiger partial charge on any atom is 0.259 e. The molecule has 7 heteroatoms. The smallest absolute Gasteiger partial charge is 0.259 e. The number of aryl methyl sites for hydroxylation is 1. The van der Waals surface area contributed by atoms with Crippen LogP contribution < -0.4 is 19.9 Å². The highest BCUT2D eigenvalue weighted by atomic mass is 19.1. The van der Waals surface area contributed by atoms with Crippen LogP contribution in [-0.4, -0.2) is 43.0 Å². The van der Waals surface area contributed by atoms with Crippen molar-refractivity contribution in [3.63, 3.8) is 0 Å². The number of anilines is 1. The molecule has 28 heavy (non-hydrogen) atoms. The standard InChI is InChI=1S/C21H22FN3O3/c1-12-18(27-3)5-13(6-19(12)28-4)17-11-24(2)21(26)16-8-23-20(7-15(16)17)25-9-14(22)10-25/h5-8,11,14H,9-10H2,1-4H3. The van der Waals surface area contributed by atoms with Gasteiger partial charge in [0.1, 0.15) is 23.5 Å². The van der Waals surface area contributed by atoms with Gasteiger partial charge in [0.25, 0.3) is 5.56 Å². The van der Waals surface area contributed by atoms with Crippen LogP contribution in [0.3, 0.4) is 0 Å². The summed E-state index contributed by atoms with van der Waals surface area (Å²) in [4.78, 5) is 18.9. The van der Waals surface area contributed by atoms with Crippen molar-refractivity contribution in [3.05, 3.63) is 46.5 Å². The molecule has 1 fully saturated rings. The first kappa shape index (κ1) is 18.3. The minimum absolute atomic E-state index is 0.129. The third-order valence-electron chi connectivity index (χ3n) is 5.28. The van der Waals surface area contributed by atoms with Crippen molar-refractivity contribution in [3.8, 4) is 22.6 Å². The Morgan fingerprint density at radius 3 is 2.32 bits per heavy atom. The van der Waals surface area contributed by atoms with Crippen LogP contribution in [0.4, 0.5) is 10.2 Å². The van der Waals surface area contributed by atoms with Gasteiger partial charge >= 0.3 is 0 Å². The number of methoxy groups -OCH3 is 2. The molecule has 0 amide bonds. The van der Waals surface area contributed by atoms with E-state index in [4.69, 9.17) is 9.47 Å². The number of rotatable bonds is 4. The highest BCUT2D eigenvalue weighted by molar-refractivity contribution is 5.97. The maximum absolute atomic E-state index is 13.3. The van der Waals surface area contributed by atoms with Crippen molar-refractivity contribution in [1.82, 2.24) is 9.55 Å². The van der Waals surface area contributed by atoms with Crippen molar-refractivity contribution < 1.29 is 13.9 Å². The number of ether oxygens (including phenoxy) is 2. The summed E-state index contributed by atoms with van der Waals surface area (Å²) in [5.74, 6) is 2.07. The third kappa shape index (κ3) is 2.87. The topological polar surface area (TPSA) is 56.6 Å². The van der Waals surface area contributed by atoms with Gasteiger partial charge in [-0.2, -0.15) is 0 Å². The lowest BCUT2D eigenvalue weighted by atomic mass is 9.99. The van der Waals surface area contributed by atoms with Crippen molar-refractivity contribution >= 4 is 16.6 Å². The molecule has 1 saturated heterocycles. The van der Waals surface area contributed by atoms with E-state index in [2.05, 4.69) is 4.98 Å². The van der Waals surface area contributed by atoms with Crippen LogP contribution in [0.15, 0.2) is 35.4 Å². The molecule has 0 N–H and O–H groups in total. The van der Waals surface area contributed by atoms with E-state index in [0.717, 1.165) is 22.1 Å². The number of hydrogen-bond donors (Lipinski definition) is 0. The first-order valence-corrected chi connectivity index (χ1v) is 9.04. The molecule has 0 atom stereocenters. The Morgan fingerprint density at radius 2 is 1.75 bits per heavy atom. The molecule has 0 unspecified atom stereocenters. The summed E-state index contributed by atoms with van der Waals surface area (Å²) in [6, 6.07) is 5.72. The van der Waals surface area contributed by atoms with E-state index in [1.807, 2.05) is 30.0 Å². The molecule has 0 aliphatic carbocycles. The molecule has 2 aromatic heterocycles. The molecule has 1 aliphatic rings. The van der Waals surface area contributed by atoms with Crippen molar-refractivity contribution in [2.75, 3.05) is 32.2 Å². The number of benzene rings is 1. The predicted octanol–water partition coefficient (Wildman–Crippen LogP) is 3.08. The quantitative estimate of drug-likeness (QED) is 0.693. The van der Waals surface area contributed by atoms with Crippen molar-refractivity contribution in [1.29, 1.82) is 0 Å². The lowest BCUT2D eigenvalue weighted by Gasteiger charge is -2.35. The number of alkyl halides is 1. The van der Waals surface area contributed by atoms with Crippen molar-refractivity contribution in [2.45, 2.75) is 13.1 Å². The molecule has 0 bridgehead atoms. The van der Waals surface area contributed by atoms with Crippen LogP contribution in [-0.2, 0) is 7.05 Å². The predicted molar refractivity (Wildman–Crippen MR) is 107 cm³/mol. The molecule has 146 valence electrons. The number of pyridine rings is 2. The summed E-state index contributed by atoms with van der Waals surface area (Å²) in [5.41, 5.74) is 2.49. The summed E-state index contributed by atoms with van der Waals surface area (Å²) < 4.78 is 25.8. The van der Waals surface area contributed by atoms with Gasteiger partial charge in [-0.3, -0.25) is 4.79 Å². The molecular formula is C21H22FN3O3. The minimum atomic E-state index is -0.828. The van der Waals surface area contributed by atoms with Gasteiger partial charge in [0, 0.05) is 36.0 Å². The second kappa shape index (κ2) is 6.82. The van der Waals surface area contributed by atoms with Crippen LogP contribution in [0.2, 0.25) is 0 Å². The summed E-state index contributed by atoms with van der Waals surface area (Å²) in [7, 11) is 4.94. The number of halogens is 1. The SMILES string of the molecule is COc1cc(-c2cn(C)c(=O)c3cnc(N4CC(F)C4)cc23)cc(OC)c1C. The zero-order valence-electron chi connectivity index (χ0n) is 16.3. The molecule has 1 aliphatic heterocycles. The summed E-state index contributed by atoms with van der Waals surface area (Å²) in [6.07, 6.45) is 2.54. The second-order valence-electron chi connectivity index (χ2n) is 7.05. The average Bonchev–Trinajstić information content (AvgIpc) is 2.68. The van der Waals surface area contributed by atoms with Crippen LogP contribution >= 0.6 is 0 Å². The van der Waals surface area contributed by atoms with Gasteiger partial charge in [0.2, 0.25) is 0 Å². The highest BCUT2D eigenvalue weighted by Gasteiger charge is 2.27. The van der Waals surface area contributed by atoms with Gasteiger partial charge in [-0.15, -0.1) is 0 Å². The molecule has 0 spiro atoms. The van der Waals surface area contributed by atoms with Crippen LogP contribution in [0, 0.1) is 6.92 Å². The molecule has 0 saturated carbocycles. The molecule has 6 nitrogen and oxygen atoms in total. The Kier molecular flexibility index (Phi) is 4.45. The van der Waals surface area contributed by atoms with Gasteiger partial charge in [0.05, 0.1) is 32.7 Å². The Balaban J connectivity index is 1.97. The molecule has 1 aromatic carbocycles. The molecule has 0 radical (unpaired) electrons. The first-order valence-electron chi connectivity index (χ1n) is 9.04. The summed E-state index contributed by atoms with van der Waals surface area (Å²) in [5, 5.41) is 1.28. The fourth-order valence-corrected chi connectivity index (χ4v) is 3.61. The maximum atomic E-state index is 13.3. The average molecular weight is 383 g/mol. The van der Waals surface area contributed by atoms with Gasteiger partial charge in [-0.05, 0) is 30.7 Å². The van der Waals surface area contributed by atoms with Gasteiger partial charge in [-0.25, -0.2) is 9.37 Å². The number of fused-ring (bicyclic) bond motifs is 1. The summed E-state index contributed by atoms with van der Waals surface area (Å²) >= 11 is 0. The van der Waals surface area contributed by atoms with Gasteiger partial charge < -0.3 is 18.9 Å². The molecular weight excluding hydrogens is 361 g/mol. The van der Waals surface area contributed by atoms with E-state index in [1.54, 1.807) is 38.2 Å². The number of nitrogens with zero attached hydrogens (tertiary/aromatic N) is 3.